The Kier molecular flexibility index (Phi) is 1.48. The molecule has 0 aliphatic rings. The van der Waals surface area contributed by atoms with E-state index in [1.165, 1.54) is 0 Å². The molecule has 0 atom stereocenters. The lowest BCUT2D eigenvalue weighted by Gasteiger charge is -2.00. The maximum Gasteiger partial charge on any atom is 0.155 e. The number of hydrogen-bond donors (Lipinski definition) is 1. The number of phenols is 1. The Labute approximate surface area is 85.8 Å². The molecule has 0 spiro atoms. The molecule has 0 amide bonds. The summed E-state index contributed by atoms with van der Waals surface area (Å²) in [5, 5.41) is 14.6. The second-order valence-electron chi connectivity index (χ2n) is 3.54. The van der Waals surface area contributed by atoms with Crippen molar-refractivity contribution in [3.8, 4) is 5.75 Å². The fourth-order valence-corrected chi connectivity index (χ4v) is 1.70. The standard InChI is InChI=1S/C11H9N3O/c1-7-5-11-12-9-3-2-4-10(15)8(9)6-14(11)13-7/h2-6,15H,1H3. The van der Waals surface area contributed by atoms with E-state index < -0.39 is 0 Å². The van der Waals surface area contributed by atoms with Gasteiger partial charge in [-0.3, -0.25) is 0 Å². The summed E-state index contributed by atoms with van der Waals surface area (Å²) >= 11 is 0. The lowest BCUT2D eigenvalue weighted by atomic mass is 10.2. The van der Waals surface area contributed by atoms with Gasteiger partial charge in [0.15, 0.2) is 5.65 Å². The molecule has 4 nitrogen and oxygen atoms in total. The number of fused-ring (bicyclic) bond motifs is 2. The molecule has 0 fully saturated rings. The van der Waals surface area contributed by atoms with Crippen molar-refractivity contribution in [2.45, 2.75) is 6.92 Å². The molecule has 1 N–H and O–H groups in total. The molecule has 0 saturated carbocycles. The molecule has 15 heavy (non-hydrogen) atoms. The third-order valence-corrected chi connectivity index (χ3v) is 2.38. The van der Waals surface area contributed by atoms with Crippen LogP contribution in [0.25, 0.3) is 16.6 Å². The molecule has 2 aromatic heterocycles. The highest BCUT2D eigenvalue weighted by molar-refractivity contribution is 5.85. The van der Waals surface area contributed by atoms with Gasteiger partial charge in [0, 0.05) is 12.3 Å². The van der Waals surface area contributed by atoms with Crippen molar-refractivity contribution in [2.24, 2.45) is 0 Å². The van der Waals surface area contributed by atoms with E-state index in [0.717, 1.165) is 16.9 Å². The van der Waals surface area contributed by atoms with Gasteiger partial charge in [-0.2, -0.15) is 5.10 Å². The van der Waals surface area contributed by atoms with Crippen molar-refractivity contribution < 1.29 is 5.11 Å². The lowest BCUT2D eigenvalue weighted by Crippen LogP contribution is -1.90. The average molecular weight is 199 g/mol. The van der Waals surface area contributed by atoms with Gasteiger partial charge >= 0.3 is 0 Å². The smallest absolute Gasteiger partial charge is 0.155 e. The molecule has 0 aliphatic carbocycles. The Morgan fingerprint density at radius 3 is 3.07 bits per heavy atom. The van der Waals surface area contributed by atoms with Crippen molar-refractivity contribution in [1.82, 2.24) is 14.6 Å². The van der Waals surface area contributed by atoms with E-state index in [1.54, 1.807) is 22.8 Å². The molecule has 4 heteroatoms. The molecule has 0 unspecified atom stereocenters. The molecule has 0 radical (unpaired) electrons. The zero-order valence-corrected chi connectivity index (χ0v) is 8.18. The van der Waals surface area contributed by atoms with Gasteiger partial charge in [0.2, 0.25) is 0 Å². The summed E-state index contributed by atoms with van der Waals surface area (Å²) < 4.78 is 1.68. The minimum absolute atomic E-state index is 0.232. The van der Waals surface area contributed by atoms with Gasteiger partial charge in [0.25, 0.3) is 0 Å². The van der Waals surface area contributed by atoms with Crippen molar-refractivity contribution in [3.63, 3.8) is 0 Å². The monoisotopic (exact) mass is 199 g/mol. The highest BCUT2D eigenvalue weighted by Crippen LogP contribution is 2.22. The van der Waals surface area contributed by atoms with Crippen LogP contribution in [0.15, 0.2) is 30.5 Å². The van der Waals surface area contributed by atoms with Crippen molar-refractivity contribution in [2.75, 3.05) is 0 Å². The summed E-state index contributed by atoms with van der Waals surface area (Å²) in [6.07, 6.45) is 1.79. The Morgan fingerprint density at radius 1 is 1.33 bits per heavy atom. The number of aryl methyl sites for hydroxylation is 1. The first-order chi connectivity index (χ1) is 7.24. The van der Waals surface area contributed by atoms with Crippen LogP contribution in [-0.2, 0) is 0 Å². The molecular formula is C11H9N3O. The Morgan fingerprint density at radius 2 is 2.20 bits per heavy atom. The van der Waals surface area contributed by atoms with E-state index in [0.29, 0.717) is 5.39 Å². The first kappa shape index (κ1) is 8.23. The van der Waals surface area contributed by atoms with Crippen LogP contribution < -0.4 is 0 Å². The van der Waals surface area contributed by atoms with E-state index in [2.05, 4.69) is 10.1 Å². The normalized spacial score (nSPS) is 11.3. The summed E-state index contributed by atoms with van der Waals surface area (Å²) in [5.74, 6) is 0.232. The topological polar surface area (TPSA) is 50.4 Å². The highest BCUT2D eigenvalue weighted by atomic mass is 16.3. The van der Waals surface area contributed by atoms with Gasteiger partial charge in [-0.25, -0.2) is 9.50 Å². The second-order valence-corrected chi connectivity index (χ2v) is 3.54. The van der Waals surface area contributed by atoms with Crippen molar-refractivity contribution >= 4 is 16.6 Å². The molecule has 1 aromatic carbocycles. The van der Waals surface area contributed by atoms with Crippen LogP contribution in [0.1, 0.15) is 5.69 Å². The average Bonchev–Trinajstić information content (AvgIpc) is 2.55. The predicted octanol–water partition coefficient (Wildman–Crippen LogP) is 1.90. The Bertz CT molecular complexity index is 657. The van der Waals surface area contributed by atoms with Gasteiger partial charge < -0.3 is 5.11 Å². The van der Waals surface area contributed by atoms with Crippen LogP contribution in [0.2, 0.25) is 0 Å². The number of phenolic OH excluding ortho intramolecular Hbond substituents is 1. The molecule has 0 bridgehead atoms. The minimum atomic E-state index is 0.232. The van der Waals surface area contributed by atoms with Crippen molar-refractivity contribution in [3.05, 3.63) is 36.2 Å². The number of rotatable bonds is 0. The SMILES string of the molecule is Cc1cc2nc3cccc(O)c3cn2n1. The largest absolute Gasteiger partial charge is 0.507 e. The molecule has 74 valence electrons. The van der Waals surface area contributed by atoms with Gasteiger partial charge in [-0.05, 0) is 19.1 Å². The van der Waals surface area contributed by atoms with E-state index in [1.807, 2.05) is 19.1 Å². The van der Waals surface area contributed by atoms with Gasteiger partial charge in [0.1, 0.15) is 5.75 Å². The van der Waals surface area contributed by atoms with Crippen LogP contribution in [0, 0.1) is 6.92 Å². The van der Waals surface area contributed by atoms with Gasteiger partial charge in [-0.1, -0.05) is 6.07 Å². The number of benzene rings is 1. The molecule has 3 rings (SSSR count). The lowest BCUT2D eigenvalue weighted by molar-refractivity contribution is 0.481. The van der Waals surface area contributed by atoms with E-state index in [4.69, 9.17) is 0 Å². The molecule has 3 aromatic rings. The summed E-state index contributed by atoms with van der Waals surface area (Å²) in [6, 6.07) is 7.21. The Hall–Kier alpha value is -2.10. The maximum atomic E-state index is 9.66. The molecule has 0 saturated heterocycles. The minimum Gasteiger partial charge on any atom is -0.507 e. The quantitative estimate of drug-likeness (QED) is 0.601. The van der Waals surface area contributed by atoms with Crippen LogP contribution in [0.3, 0.4) is 0 Å². The predicted molar refractivity (Wildman–Crippen MR) is 56.9 cm³/mol. The number of nitrogens with zero attached hydrogens (tertiary/aromatic N) is 3. The molecule has 2 heterocycles. The zero-order valence-electron chi connectivity index (χ0n) is 8.18. The molecular weight excluding hydrogens is 190 g/mol. The number of aromatic hydroxyl groups is 1. The van der Waals surface area contributed by atoms with Crippen LogP contribution in [-0.4, -0.2) is 19.7 Å². The fourth-order valence-electron chi connectivity index (χ4n) is 1.70. The highest BCUT2D eigenvalue weighted by Gasteiger charge is 2.04. The van der Waals surface area contributed by atoms with E-state index in [9.17, 15) is 5.11 Å². The zero-order chi connectivity index (χ0) is 10.4. The van der Waals surface area contributed by atoms with Crippen LogP contribution >= 0.6 is 0 Å². The van der Waals surface area contributed by atoms with Gasteiger partial charge in [0.05, 0.1) is 16.6 Å². The fraction of sp³-hybridized carbons (Fsp3) is 0.0909. The van der Waals surface area contributed by atoms with E-state index in [-0.39, 0.29) is 5.75 Å². The number of hydrogen-bond acceptors (Lipinski definition) is 3. The molecule has 0 aliphatic heterocycles. The maximum absolute atomic E-state index is 9.66. The summed E-state index contributed by atoms with van der Waals surface area (Å²) in [5.41, 5.74) is 2.49. The third kappa shape index (κ3) is 1.15. The first-order valence-electron chi connectivity index (χ1n) is 4.69. The Balaban J connectivity index is 2.52. The third-order valence-electron chi connectivity index (χ3n) is 2.38. The second kappa shape index (κ2) is 2.70. The van der Waals surface area contributed by atoms with Crippen LogP contribution in [0.5, 0.6) is 5.75 Å². The van der Waals surface area contributed by atoms with Crippen molar-refractivity contribution in [1.29, 1.82) is 0 Å². The summed E-state index contributed by atoms with van der Waals surface area (Å²) in [7, 11) is 0. The summed E-state index contributed by atoms with van der Waals surface area (Å²) in [6.45, 7) is 1.92. The first-order valence-corrected chi connectivity index (χ1v) is 4.69. The van der Waals surface area contributed by atoms with Crippen LogP contribution in [0.4, 0.5) is 0 Å². The summed E-state index contributed by atoms with van der Waals surface area (Å²) in [4.78, 5) is 4.40. The van der Waals surface area contributed by atoms with Gasteiger partial charge in [-0.15, -0.1) is 0 Å². The number of aromatic nitrogens is 3. The van der Waals surface area contributed by atoms with E-state index >= 15 is 0 Å².